The van der Waals surface area contributed by atoms with E-state index >= 15 is 0 Å². The van der Waals surface area contributed by atoms with Gasteiger partial charge in [-0.25, -0.2) is 9.78 Å². The van der Waals surface area contributed by atoms with E-state index in [4.69, 9.17) is 14.2 Å². The minimum Gasteiger partial charge on any atom is -0.497 e. The van der Waals surface area contributed by atoms with E-state index in [0.717, 1.165) is 27.8 Å². The number of ether oxygens (including phenoxy) is 3. The van der Waals surface area contributed by atoms with Crippen LogP contribution in [0.2, 0.25) is 0 Å². The van der Waals surface area contributed by atoms with Crippen molar-refractivity contribution in [3.05, 3.63) is 90.6 Å². The molecular formula is C35H38N5O5P. The van der Waals surface area contributed by atoms with Crippen LogP contribution in [-0.2, 0) is 9.98 Å². The van der Waals surface area contributed by atoms with Crippen molar-refractivity contribution >= 4 is 52.3 Å². The Balaban J connectivity index is 1.39. The van der Waals surface area contributed by atoms with E-state index in [2.05, 4.69) is 46.7 Å². The number of hydrogen-bond acceptors (Lipinski definition) is 8. The van der Waals surface area contributed by atoms with Gasteiger partial charge in [0.2, 0.25) is 11.8 Å². The van der Waals surface area contributed by atoms with Crippen LogP contribution in [0, 0.1) is 0 Å². The number of urea groups is 1. The monoisotopic (exact) mass is 639 g/mol. The van der Waals surface area contributed by atoms with Gasteiger partial charge in [0.25, 0.3) is 0 Å². The lowest BCUT2D eigenvalue weighted by molar-refractivity contribution is 0.262. The van der Waals surface area contributed by atoms with Crippen molar-refractivity contribution < 1.29 is 23.6 Å². The number of aromatic nitrogens is 2. The maximum absolute atomic E-state index is 13.4. The van der Waals surface area contributed by atoms with Crippen LogP contribution in [0.4, 0.5) is 27.8 Å². The number of carbonyl (C=O) groups excluding carboxylic acids is 1. The first-order valence-electron chi connectivity index (χ1n) is 14.7. The molecule has 1 aromatic heterocycles. The quantitative estimate of drug-likeness (QED) is 0.138. The van der Waals surface area contributed by atoms with Gasteiger partial charge in [-0.15, -0.1) is 0 Å². The van der Waals surface area contributed by atoms with Gasteiger partial charge in [0.1, 0.15) is 18.6 Å². The average molecular weight is 640 g/mol. The fourth-order valence-corrected chi connectivity index (χ4v) is 6.03. The van der Waals surface area contributed by atoms with Crippen LogP contribution in [0.15, 0.2) is 85.1 Å². The molecule has 0 unspecified atom stereocenters. The molecule has 10 nitrogen and oxygen atoms in total. The molecule has 2 amide bonds. The normalized spacial score (nSPS) is 11.5. The Hall–Kier alpha value is -5.08. The van der Waals surface area contributed by atoms with Gasteiger partial charge in [-0.2, -0.15) is 4.98 Å². The SMILES string of the molecule is COc1ccc(Nc2nccc(Oc3ccc(NC(=O)Nc4cc(C(C)(C)C)cc(P(C)(C)=O)c4OC)c4ccccc34)n2)cc1. The number of carbonyl (C=O) groups is 1. The smallest absolute Gasteiger partial charge is 0.323 e. The highest BCUT2D eigenvalue weighted by atomic mass is 31.2. The van der Waals surface area contributed by atoms with E-state index in [9.17, 15) is 9.36 Å². The number of amides is 2. The van der Waals surface area contributed by atoms with Crippen LogP contribution >= 0.6 is 7.14 Å². The van der Waals surface area contributed by atoms with E-state index in [1.54, 1.807) is 44.8 Å². The summed E-state index contributed by atoms with van der Waals surface area (Å²) in [7, 11) is 0.402. The van der Waals surface area contributed by atoms with E-state index < -0.39 is 13.2 Å². The lowest BCUT2D eigenvalue weighted by Gasteiger charge is -2.25. The predicted molar refractivity (Wildman–Crippen MR) is 186 cm³/mol. The Morgan fingerprint density at radius 3 is 2.17 bits per heavy atom. The third kappa shape index (κ3) is 7.41. The van der Waals surface area contributed by atoms with Crippen molar-refractivity contribution in [2.24, 2.45) is 0 Å². The number of methoxy groups -OCH3 is 2. The average Bonchev–Trinajstić information content (AvgIpc) is 3.01. The summed E-state index contributed by atoms with van der Waals surface area (Å²) >= 11 is 0. The highest BCUT2D eigenvalue weighted by Crippen LogP contribution is 2.43. The minimum atomic E-state index is -2.73. The second-order valence-electron chi connectivity index (χ2n) is 12.1. The maximum atomic E-state index is 13.4. The number of fused-ring (bicyclic) bond motifs is 1. The summed E-state index contributed by atoms with van der Waals surface area (Å²) in [4.78, 5) is 22.2. The summed E-state index contributed by atoms with van der Waals surface area (Å²) in [6.07, 6.45) is 1.61. The van der Waals surface area contributed by atoms with Crippen molar-refractivity contribution in [1.29, 1.82) is 0 Å². The fraction of sp³-hybridized carbons (Fsp3) is 0.229. The molecule has 0 aliphatic carbocycles. The molecular weight excluding hydrogens is 601 g/mol. The lowest BCUT2D eigenvalue weighted by atomic mass is 9.86. The number of hydrogen-bond donors (Lipinski definition) is 3. The molecule has 0 aliphatic heterocycles. The Kier molecular flexibility index (Phi) is 9.21. The molecule has 0 aliphatic rings. The highest BCUT2D eigenvalue weighted by molar-refractivity contribution is 7.70. The van der Waals surface area contributed by atoms with Gasteiger partial charge in [-0.3, -0.25) is 0 Å². The zero-order valence-corrected chi connectivity index (χ0v) is 27.9. The Bertz CT molecular complexity index is 1930. The third-order valence-corrected chi connectivity index (χ3v) is 8.78. The number of rotatable bonds is 9. The van der Waals surface area contributed by atoms with Crippen LogP contribution in [0.1, 0.15) is 26.3 Å². The Labute approximate surface area is 268 Å². The molecule has 3 N–H and O–H groups in total. The first-order chi connectivity index (χ1) is 21.9. The number of nitrogens with one attached hydrogen (secondary N) is 3. The molecule has 5 aromatic rings. The van der Waals surface area contributed by atoms with Crippen molar-refractivity contribution in [2.45, 2.75) is 26.2 Å². The van der Waals surface area contributed by atoms with Gasteiger partial charge in [0, 0.05) is 28.7 Å². The van der Waals surface area contributed by atoms with E-state index in [1.807, 2.05) is 60.7 Å². The molecule has 0 atom stereocenters. The van der Waals surface area contributed by atoms with Gasteiger partial charge in [-0.05, 0) is 72.8 Å². The van der Waals surface area contributed by atoms with Crippen LogP contribution < -0.4 is 35.5 Å². The standard InChI is InChI=1S/C35H38N5O5P/c1-35(2,3)22-20-28(32(44-5)30(21-22)46(6,7)42)39-34(41)38-27-16-17-29(26-11-9-8-10-25(26)27)45-31-18-19-36-33(40-31)37-23-12-14-24(43-4)15-13-23/h8-21H,1-7H3,(H,36,37,40)(H2,38,39,41). The molecule has 11 heteroatoms. The van der Waals surface area contributed by atoms with Gasteiger partial charge >= 0.3 is 6.03 Å². The van der Waals surface area contributed by atoms with Crippen molar-refractivity contribution in [3.8, 4) is 23.1 Å². The topological polar surface area (TPSA) is 124 Å². The van der Waals surface area contributed by atoms with Crippen molar-refractivity contribution in [3.63, 3.8) is 0 Å². The van der Waals surface area contributed by atoms with Gasteiger partial charge in [0.05, 0.1) is 30.9 Å². The van der Waals surface area contributed by atoms with Gasteiger partial charge < -0.3 is 34.7 Å². The largest absolute Gasteiger partial charge is 0.497 e. The molecule has 4 aromatic carbocycles. The van der Waals surface area contributed by atoms with Crippen LogP contribution in [0.3, 0.4) is 0 Å². The van der Waals surface area contributed by atoms with Crippen molar-refractivity contribution in [1.82, 2.24) is 9.97 Å². The summed E-state index contributed by atoms with van der Waals surface area (Å²) < 4.78 is 30.3. The Morgan fingerprint density at radius 2 is 1.52 bits per heavy atom. The summed E-state index contributed by atoms with van der Waals surface area (Å²) in [5, 5.41) is 11.2. The fourth-order valence-electron chi connectivity index (χ4n) is 4.87. The summed E-state index contributed by atoms with van der Waals surface area (Å²) in [5.41, 5.74) is 2.51. The summed E-state index contributed by atoms with van der Waals surface area (Å²) in [6.45, 7) is 9.57. The summed E-state index contributed by atoms with van der Waals surface area (Å²) in [6, 6.07) is 23.5. The molecule has 46 heavy (non-hydrogen) atoms. The molecule has 0 saturated heterocycles. The summed E-state index contributed by atoms with van der Waals surface area (Å²) in [5.74, 6) is 2.41. The predicted octanol–water partition coefficient (Wildman–Crippen LogP) is 8.37. The van der Waals surface area contributed by atoms with Crippen molar-refractivity contribution in [2.75, 3.05) is 43.5 Å². The number of anilines is 4. The molecule has 1 heterocycles. The molecule has 0 saturated carbocycles. The van der Waals surface area contributed by atoms with E-state index in [-0.39, 0.29) is 5.41 Å². The second-order valence-corrected chi connectivity index (χ2v) is 15.3. The highest BCUT2D eigenvalue weighted by Gasteiger charge is 2.26. The van der Waals surface area contributed by atoms with Gasteiger partial charge in [-0.1, -0.05) is 45.0 Å². The molecule has 0 bridgehead atoms. The van der Waals surface area contributed by atoms with Crippen LogP contribution in [0.25, 0.3) is 10.8 Å². The third-order valence-electron chi connectivity index (χ3n) is 7.29. The van der Waals surface area contributed by atoms with E-state index in [0.29, 0.717) is 40.0 Å². The molecule has 0 spiro atoms. The van der Waals surface area contributed by atoms with Crippen LogP contribution in [0.5, 0.6) is 23.1 Å². The van der Waals surface area contributed by atoms with E-state index in [1.165, 1.54) is 7.11 Å². The number of benzene rings is 4. The van der Waals surface area contributed by atoms with Gasteiger partial charge in [0.15, 0.2) is 5.75 Å². The lowest BCUT2D eigenvalue weighted by Crippen LogP contribution is -2.23. The first-order valence-corrected chi connectivity index (χ1v) is 17.3. The molecule has 0 fully saturated rings. The maximum Gasteiger partial charge on any atom is 0.323 e. The second kappa shape index (κ2) is 13.1. The minimum absolute atomic E-state index is 0.245. The zero-order valence-electron chi connectivity index (χ0n) is 27.0. The number of nitrogens with zero attached hydrogens (tertiary/aromatic N) is 2. The molecule has 238 valence electrons. The first kappa shape index (κ1) is 32.3. The molecule has 5 rings (SSSR count). The zero-order chi connectivity index (χ0) is 33.1. The molecule has 0 radical (unpaired) electrons. The Morgan fingerprint density at radius 1 is 0.826 bits per heavy atom. The van der Waals surface area contributed by atoms with Crippen LogP contribution in [-0.4, -0.2) is 43.5 Å².